The molecule has 1 aromatic carbocycles. The van der Waals surface area contributed by atoms with Crippen LogP contribution in [0.2, 0.25) is 0 Å². The van der Waals surface area contributed by atoms with E-state index in [1.165, 1.54) is 16.0 Å². The Labute approximate surface area is 106 Å². The number of carbonyl (C=O) groups excluding carboxylic acids is 1. The SMILES string of the molecule is Cc1ccccc1CCC(=O)Cc1cccs1. The van der Waals surface area contributed by atoms with Gasteiger partial charge in [-0.2, -0.15) is 0 Å². The summed E-state index contributed by atoms with van der Waals surface area (Å²) >= 11 is 1.66. The van der Waals surface area contributed by atoms with E-state index in [0.717, 1.165) is 6.42 Å². The van der Waals surface area contributed by atoms with Gasteiger partial charge in [0, 0.05) is 17.7 Å². The van der Waals surface area contributed by atoms with Gasteiger partial charge in [0.05, 0.1) is 0 Å². The van der Waals surface area contributed by atoms with E-state index in [1.54, 1.807) is 11.3 Å². The summed E-state index contributed by atoms with van der Waals surface area (Å²) in [4.78, 5) is 13.0. The molecule has 0 spiro atoms. The zero-order valence-electron chi connectivity index (χ0n) is 9.98. The first-order valence-corrected chi connectivity index (χ1v) is 6.72. The molecule has 0 aliphatic rings. The quantitative estimate of drug-likeness (QED) is 0.782. The fourth-order valence-electron chi connectivity index (χ4n) is 1.86. The lowest BCUT2D eigenvalue weighted by Crippen LogP contribution is -2.03. The Balaban J connectivity index is 1.86. The molecule has 1 nitrogen and oxygen atoms in total. The number of Topliss-reactive ketones (excluding diaryl/α,β-unsaturated/α-hetero) is 1. The van der Waals surface area contributed by atoms with Gasteiger partial charge >= 0.3 is 0 Å². The summed E-state index contributed by atoms with van der Waals surface area (Å²) in [6, 6.07) is 12.3. The van der Waals surface area contributed by atoms with Crippen LogP contribution >= 0.6 is 11.3 Å². The van der Waals surface area contributed by atoms with Gasteiger partial charge in [-0.15, -0.1) is 11.3 Å². The number of thiophene rings is 1. The maximum Gasteiger partial charge on any atom is 0.138 e. The first-order chi connectivity index (χ1) is 8.25. The molecule has 88 valence electrons. The van der Waals surface area contributed by atoms with Crippen molar-refractivity contribution in [1.82, 2.24) is 0 Å². The second kappa shape index (κ2) is 5.78. The zero-order valence-corrected chi connectivity index (χ0v) is 10.8. The molecule has 1 aromatic heterocycles. The third kappa shape index (κ3) is 3.53. The molecule has 0 bridgehead atoms. The van der Waals surface area contributed by atoms with Gasteiger partial charge in [-0.1, -0.05) is 30.3 Å². The molecule has 1 heterocycles. The lowest BCUT2D eigenvalue weighted by atomic mass is 10.0. The van der Waals surface area contributed by atoms with Gasteiger partial charge in [0.2, 0.25) is 0 Å². The van der Waals surface area contributed by atoms with Crippen LogP contribution in [0.5, 0.6) is 0 Å². The molecule has 2 aromatic rings. The minimum atomic E-state index is 0.329. The molecular weight excluding hydrogens is 228 g/mol. The first-order valence-electron chi connectivity index (χ1n) is 5.84. The number of carbonyl (C=O) groups is 1. The van der Waals surface area contributed by atoms with Crippen molar-refractivity contribution < 1.29 is 4.79 Å². The number of hydrogen-bond acceptors (Lipinski definition) is 2. The van der Waals surface area contributed by atoms with E-state index in [2.05, 4.69) is 19.1 Å². The van der Waals surface area contributed by atoms with Crippen molar-refractivity contribution in [3.8, 4) is 0 Å². The lowest BCUT2D eigenvalue weighted by Gasteiger charge is -2.04. The standard InChI is InChI=1S/C15H16OS/c1-12-5-2-3-6-13(12)8-9-14(16)11-15-7-4-10-17-15/h2-7,10H,8-9,11H2,1H3. The molecule has 2 heteroatoms. The topological polar surface area (TPSA) is 17.1 Å². The molecule has 0 fully saturated rings. The van der Waals surface area contributed by atoms with Crippen LogP contribution in [0.15, 0.2) is 41.8 Å². The summed E-state index contributed by atoms with van der Waals surface area (Å²) in [5.41, 5.74) is 2.56. The van der Waals surface area contributed by atoms with Crippen LogP contribution in [-0.4, -0.2) is 5.78 Å². The van der Waals surface area contributed by atoms with Gasteiger partial charge in [0.25, 0.3) is 0 Å². The fraction of sp³-hybridized carbons (Fsp3) is 0.267. The fourth-order valence-corrected chi connectivity index (χ4v) is 2.59. The maximum absolute atomic E-state index is 11.8. The average molecular weight is 244 g/mol. The van der Waals surface area contributed by atoms with E-state index in [9.17, 15) is 4.79 Å². The highest BCUT2D eigenvalue weighted by atomic mass is 32.1. The van der Waals surface area contributed by atoms with E-state index < -0.39 is 0 Å². The molecule has 17 heavy (non-hydrogen) atoms. The summed E-state index contributed by atoms with van der Waals surface area (Å²) in [6.07, 6.45) is 2.09. The number of ketones is 1. The Morgan fingerprint density at radius 2 is 2.00 bits per heavy atom. The first kappa shape index (κ1) is 12.1. The largest absolute Gasteiger partial charge is 0.299 e. The molecule has 0 aliphatic carbocycles. The highest BCUT2D eigenvalue weighted by Gasteiger charge is 2.06. The van der Waals surface area contributed by atoms with Gasteiger partial charge < -0.3 is 0 Å². The molecular formula is C15H16OS. The van der Waals surface area contributed by atoms with Crippen LogP contribution < -0.4 is 0 Å². The van der Waals surface area contributed by atoms with Crippen molar-refractivity contribution >= 4 is 17.1 Å². The van der Waals surface area contributed by atoms with Crippen LogP contribution in [-0.2, 0) is 17.6 Å². The average Bonchev–Trinajstić information content (AvgIpc) is 2.81. The van der Waals surface area contributed by atoms with Crippen molar-refractivity contribution in [2.24, 2.45) is 0 Å². The van der Waals surface area contributed by atoms with Gasteiger partial charge in [-0.05, 0) is 35.9 Å². The second-order valence-electron chi connectivity index (χ2n) is 4.22. The van der Waals surface area contributed by atoms with Crippen molar-refractivity contribution in [2.45, 2.75) is 26.2 Å². The van der Waals surface area contributed by atoms with Crippen LogP contribution in [0.3, 0.4) is 0 Å². The second-order valence-corrected chi connectivity index (χ2v) is 5.25. The van der Waals surface area contributed by atoms with E-state index >= 15 is 0 Å². The molecule has 0 atom stereocenters. The highest BCUT2D eigenvalue weighted by molar-refractivity contribution is 7.10. The van der Waals surface area contributed by atoms with Crippen LogP contribution in [0.25, 0.3) is 0 Å². The van der Waals surface area contributed by atoms with Crippen molar-refractivity contribution in [3.05, 3.63) is 57.8 Å². The molecule has 0 amide bonds. The number of aryl methyl sites for hydroxylation is 2. The lowest BCUT2D eigenvalue weighted by molar-refractivity contribution is -0.118. The van der Waals surface area contributed by atoms with Gasteiger partial charge in [0.15, 0.2) is 0 Å². The Morgan fingerprint density at radius 3 is 2.71 bits per heavy atom. The van der Waals surface area contributed by atoms with E-state index in [4.69, 9.17) is 0 Å². The predicted molar refractivity (Wildman–Crippen MR) is 72.5 cm³/mol. The summed E-state index contributed by atoms with van der Waals surface area (Å²) in [6.45, 7) is 2.10. The molecule has 0 N–H and O–H groups in total. The zero-order chi connectivity index (χ0) is 12.1. The van der Waals surface area contributed by atoms with Crippen molar-refractivity contribution in [3.63, 3.8) is 0 Å². The molecule has 0 saturated heterocycles. The third-order valence-electron chi connectivity index (χ3n) is 2.89. The number of benzene rings is 1. The Hall–Kier alpha value is -1.41. The van der Waals surface area contributed by atoms with Crippen molar-refractivity contribution in [2.75, 3.05) is 0 Å². The maximum atomic E-state index is 11.8. The number of rotatable bonds is 5. The van der Waals surface area contributed by atoms with Gasteiger partial charge in [0.1, 0.15) is 5.78 Å². The van der Waals surface area contributed by atoms with E-state index in [1.807, 2.05) is 29.6 Å². The summed E-state index contributed by atoms with van der Waals surface area (Å²) in [5, 5.41) is 2.02. The predicted octanol–water partition coefficient (Wildman–Crippen LogP) is 3.80. The Bertz CT molecular complexity index is 485. The van der Waals surface area contributed by atoms with Crippen molar-refractivity contribution in [1.29, 1.82) is 0 Å². The normalized spacial score (nSPS) is 10.4. The van der Waals surface area contributed by atoms with E-state index in [-0.39, 0.29) is 0 Å². The minimum absolute atomic E-state index is 0.329. The summed E-state index contributed by atoms with van der Waals surface area (Å²) < 4.78 is 0. The van der Waals surface area contributed by atoms with Gasteiger partial charge in [-0.25, -0.2) is 0 Å². The van der Waals surface area contributed by atoms with Crippen LogP contribution in [0, 0.1) is 6.92 Å². The summed E-state index contributed by atoms with van der Waals surface area (Å²) in [5.74, 6) is 0.329. The highest BCUT2D eigenvalue weighted by Crippen LogP contribution is 2.13. The van der Waals surface area contributed by atoms with Gasteiger partial charge in [-0.3, -0.25) is 4.79 Å². The molecule has 0 aliphatic heterocycles. The monoisotopic (exact) mass is 244 g/mol. The molecule has 0 saturated carbocycles. The van der Waals surface area contributed by atoms with Crippen LogP contribution in [0.1, 0.15) is 22.4 Å². The van der Waals surface area contributed by atoms with Crippen LogP contribution in [0.4, 0.5) is 0 Å². The smallest absolute Gasteiger partial charge is 0.138 e. The molecule has 0 radical (unpaired) electrons. The molecule has 0 unspecified atom stereocenters. The Morgan fingerprint density at radius 1 is 1.18 bits per heavy atom. The number of hydrogen-bond donors (Lipinski definition) is 0. The third-order valence-corrected chi connectivity index (χ3v) is 3.76. The Kier molecular flexibility index (Phi) is 4.10. The minimum Gasteiger partial charge on any atom is -0.299 e. The van der Waals surface area contributed by atoms with E-state index in [0.29, 0.717) is 18.6 Å². The molecule has 2 rings (SSSR count). The summed E-state index contributed by atoms with van der Waals surface area (Å²) in [7, 11) is 0.